The molecule has 2 aliphatic rings. The number of nitrogens with zero attached hydrogens (tertiary/aromatic N) is 1. The highest BCUT2D eigenvalue weighted by Crippen LogP contribution is 2.28. The number of amides is 1. The van der Waals surface area contributed by atoms with E-state index in [0.717, 1.165) is 31.8 Å². The van der Waals surface area contributed by atoms with Gasteiger partial charge in [-0.2, -0.15) is 0 Å². The number of anilines is 1. The maximum Gasteiger partial charge on any atom is 0.228 e. The molecule has 1 atom stereocenters. The molecule has 1 N–H and O–H groups in total. The summed E-state index contributed by atoms with van der Waals surface area (Å²) in [5.41, 5.74) is 2.36. The summed E-state index contributed by atoms with van der Waals surface area (Å²) in [7, 11) is 0. The Labute approximate surface area is 107 Å². The molecule has 0 radical (unpaired) electrons. The van der Waals surface area contributed by atoms with Crippen LogP contribution in [0.3, 0.4) is 0 Å². The Bertz CT molecular complexity index is 441. The van der Waals surface area contributed by atoms with Crippen LogP contribution in [0.15, 0.2) is 24.3 Å². The summed E-state index contributed by atoms with van der Waals surface area (Å²) in [4.78, 5) is 14.2. The predicted molar refractivity (Wildman–Crippen MR) is 69.7 cm³/mol. The summed E-state index contributed by atoms with van der Waals surface area (Å²) in [6.07, 6.45) is 1.49. The summed E-state index contributed by atoms with van der Waals surface area (Å²) in [6, 6.07) is 8.32. The molecule has 0 aliphatic carbocycles. The van der Waals surface area contributed by atoms with Crippen molar-refractivity contribution in [1.82, 2.24) is 5.32 Å². The van der Waals surface area contributed by atoms with Crippen LogP contribution in [-0.4, -0.2) is 38.3 Å². The van der Waals surface area contributed by atoms with Crippen molar-refractivity contribution in [3.63, 3.8) is 0 Å². The lowest BCUT2D eigenvalue weighted by atomic mass is 10.1. The monoisotopic (exact) mass is 246 g/mol. The third-order valence-corrected chi connectivity index (χ3v) is 3.61. The molecule has 4 heteroatoms. The van der Waals surface area contributed by atoms with E-state index in [-0.39, 0.29) is 11.9 Å². The number of hydrogen-bond acceptors (Lipinski definition) is 3. The summed E-state index contributed by atoms with van der Waals surface area (Å²) in [5.74, 6) is 0.197. The van der Waals surface area contributed by atoms with Crippen LogP contribution in [0.25, 0.3) is 0 Å². The van der Waals surface area contributed by atoms with E-state index in [4.69, 9.17) is 4.74 Å². The van der Waals surface area contributed by atoms with Gasteiger partial charge in [0.15, 0.2) is 0 Å². The van der Waals surface area contributed by atoms with E-state index in [9.17, 15) is 4.79 Å². The van der Waals surface area contributed by atoms with Crippen molar-refractivity contribution in [1.29, 1.82) is 0 Å². The van der Waals surface area contributed by atoms with Crippen molar-refractivity contribution >= 4 is 11.6 Å². The van der Waals surface area contributed by atoms with Gasteiger partial charge in [-0.1, -0.05) is 18.2 Å². The molecule has 2 aliphatic heterocycles. The quantitative estimate of drug-likeness (QED) is 0.845. The molecule has 2 heterocycles. The van der Waals surface area contributed by atoms with Crippen LogP contribution in [0.1, 0.15) is 12.0 Å². The number of ether oxygens (including phenoxy) is 1. The number of carbonyl (C=O) groups is 1. The maximum absolute atomic E-state index is 12.3. The van der Waals surface area contributed by atoms with E-state index in [0.29, 0.717) is 13.0 Å². The Hall–Kier alpha value is -1.39. The Balaban J connectivity index is 1.67. The topological polar surface area (TPSA) is 41.6 Å². The average molecular weight is 246 g/mol. The molecule has 4 nitrogen and oxygen atoms in total. The van der Waals surface area contributed by atoms with Crippen LogP contribution >= 0.6 is 0 Å². The number of carbonyl (C=O) groups excluding carboxylic acids is 1. The molecule has 1 fully saturated rings. The fraction of sp³-hybridized carbons (Fsp3) is 0.500. The molecule has 1 aromatic rings. The normalized spacial score (nSPS) is 22.9. The Morgan fingerprint density at radius 2 is 2.33 bits per heavy atom. The summed E-state index contributed by atoms with van der Waals surface area (Å²) >= 11 is 0. The summed E-state index contributed by atoms with van der Waals surface area (Å²) in [5, 5.41) is 3.32. The van der Waals surface area contributed by atoms with Crippen LogP contribution in [-0.2, 0) is 16.0 Å². The predicted octanol–water partition coefficient (Wildman–Crippen LogP) is 0.954. The van der Waals surface area contributed by atoms with Gasteiger partial charge in [-0.05, 0) is 18.1 Å². The zero-order valence-electron chi connectivity index (χ0n) is 10.4. The van der Waals surface area contributed by atoms with Gasteiger partial charge in [0.2, 0.25) is 5.91 Å². The third-order valence-electron chi connectivity index (χ3n) is 3.61. The van der Waals surface area contributed by atoms with E-state index >= 15 is 0 Å². The molecule has 3 rings (SSSR count). The second-order valence-corrected chi connectivity index (χ2v) is 4.85. The Morgan fingerprint density at radius 3 is 3.17 bits per heavy atom. The van der Waals surface area contributed by atoms with Crippen molar-refractivity contribution in [2.45, 2.75) is 18.9 Å². The first-order valence-corrected chi connectivity index (χ1v) is 6.54. The van der Waals surface area contributed by atoms with Gasteiger partial charge in [-0.3, -0.25) is 4.79 Å². The highest BCUT2D eigenvalue weighted by Gasteiger charge is 2.26. The number of rotatable bonds is 2. The van der Waals surface area contributed by atoms with E-state index in [2.05, 4.69) is 11.4 Å². The lowest BCUT2D eigenvalue weighted by Gasteiger charge is -2.25. The number of nitrogens with one attached hydrogen (secondary N) is 1. The Morgan fingerprint density at radius 1 is 1.44 bits per heavy atom. The largest absolute Gasteiger partial charge is 0.378 e. The molecule has 0 saturated carbocycles. The minimum absolute atomic E-state index is 0.166. The smallest absolute Gasteiger partial charge is 0.228 e. The van der Waals surface area contributed by atoms with Crippen molar-refractivity contribution in [2.24, 2.45) is 0 Å². The van der Waals surface area contributed by atoms with Crippen LogP contribution in [0.4, 0.5) is 5.69 Å². The van der Waals surface area contributed by atoms with E-state index in [1.54, 1.807) is 0 Å². The molecule has 0 aromatic heterocycles. The summed E-state index contributed by atoms with van der Waals surface area (Å²) in [6.45, 7) is 3.04. The zero-order chi connectivity index (χ0) is 12.4. The fourth-order valence-electron chi connectivity index (χ4n) is 2.67. The van der Waals surface area contributed by atoms with Gasteiger partial charge in [-0.25, -0.2) is 0 Å². The molecular formula is C14H18N2O2. The summed E-state index contributed by atoms with van der Waals surface area (Å²) < 4.78 is 5.38. The first-order chi connectivity index (χ1) is 8.84. The molecule has 0 spiro atoms. The number of fused-ring (bicyclic) bond motifs is 1. The van der Waals surface area contributed by atoms with Gasteiger partial charge < -0.3 is 15.0 Å². The second kappa shape index (κ2) is 5.08. The van der Waals surface area contributed by atoms with E-state index in [1.807, 2.05) is 23.1 Å². The van der Waals surface area contributed by atoms with Gasteiger partial charge >= 0.3 is 0 Å². The van der Waals surface area contributed by atoms with Gasteiger partial charge in [0, 0.05) is 31.2 Å². The van der Waals surface area contributed by atoms with Crippen molar-refractivity contribution in [3.05, 3.63) is 29.8 Å². The van der Waals surface area contributed by atoms with E-state index in [1.165, 1.54) is 5.56 Å². The SMILES string of the molecule is O=C(CC1COCCN1)N1CCc2ccccc21. The number of benzene rings is 1. The zero-order valence-corrected chi connectivity index (χ0v) is 10.4. The first kappa shape index (κ1) is 11.7. The van der Waals surface area contributed by atoms with Crippen LogP contribution < -0.4 is 10.2 Å². The number of hydrogen-bond donors (Lipinski definition) is 1. The lowest BCUT2D eigenvalue weighted by Crippen LogP contribution is -2.45. The van der Waals surface area contributed by atoms with Crippen molar-refractivity contribution in [2.75, 3.05) is 31.2 Å². The third kappa shape index (κ3) is 2.26. The highest BCUT2D eigenvalue weighted by atomic mass is 16.5. The van der Waals surface area contributed by atoms with E-state index < -0.39 is 0 Å². The van der Waals surface area contributed by atoms with Gasteiger partial charge in [0.25, 0.3) is 0 Å². The second-order valence-electron chi connectivity index (χ2n) is 4.85. The van der Waals surface area contributed by atoms with Crippen molar-refractivity contribution < 1.29 is 9.53 Å². The number of morpholine rings is 1. The molecule has 0 bridgehead atoms. The molecule has 18 heavy (non-hydrogen) atoms. The minimum Gasteiger partial charge on any atom is -0.378 e. The fourth-order valence-corrected chi connectivity index (χ4v) is 2.67. The van der Waals surface area contributed by atoms with Crippen molar-refractivity contribution in [3.8, 4) is 0 Å². The van der Waals surface area contributed by atoms with Crippen LogP contribution in [0, 0.1) is 0 Å². The average Bonchev–Trinajstić information content (AvgIpc) is 2.84. The molecule has 1 unspecified atom stereocenters. The van der Waals surface area contributed by atoms with Gasteiger partial charge in [-0.15, -0.1) is 0 Å². The molecule has 1 amide bonds. The molecule has 96 valence electrons. The van der Waals surface area contributed by atoms with Crippen LogP contribution in [0.2, 0.25) is 0 Å². The maximum atomic E-state index is 12.3. The lowest BCUT2D eigenvalue weighted by molar-refractivity contribution is -0.119. The minimum atomic E-state index is 0.166. The number of para-hydroxylation sites is 1. The Kier molecular flexibility index (Phi) is 3.30. The van der Waals surface area contributed by atoms with Gasteiger partial charge in [0.05, 0.1) is 13.2 Å². The van der Waals surface area contributed by atoms with Gasteiger partial charge in [0.1, 0.15) is 0 Å². The molecule has 1 saturated heterocycles. The van der Waals surface area contributed by atoms with Crippen LogP contribution in [0.5, 0.6) is 0 Å². The highest BCUT2D eigenvalue weighted by molar-refractivity contribution is 5.95. The standard InChI is InChI=1S/C14H18N2O2/c17-14(9-12-10-18-8-6-15-12)16-7-5-11-3-1-2-4-13(11)16/h1-4,12,15H,5-10H2. The first-order valence-electron chi connectivity index (χ1n) is 6.54. The molecule has 1 aromatic carbocycles. The molecular weight excluding hydrogens is 228 g/mol.